The van der Waals surface area contributed by atoms with Gasteiger partial charge < -0.3 is 15.5 Å². The van der Waals surface area contributed by atoms with Gasteiger partial charge in [-0.1, -0.05) is 38.3 Å². The number of nitrogens with one attached hydrogen (secondary N) is 1. The number of halogens is 3. The molecule has 0 bridgehead atoms. The first kappa shape index (κ1) is 31.0. The molecule has 1 aliphatic heterocycles. The van der Waals surface area contributed by atoms with Crippen LogP contribution < -0.4 is 5.32 Å². The zero-order chi connectivity index (χ0) is 28.8. The summed E-state index contributed by atoms with van der Waals surface area (Å²) in [7, 11) is -1.43. The van der Waals surface area contributed by atoms with Crippen molar-refractivity contribution in [2.24, 2.45) is 5.92 Å². The van der Waals surface area contributed by atoms with Crippen LogP contribution in [0.5, 0.6) is 0 Å². The molecule has 1 aromatic carbocycles. The Bertz CT molecular complexity index is 1220. The fourth-order valence-corrected chi connectivity index (χ4v) is 5.75. The number of aliphatic hydroxyl groups excluding tert-OH is 2. The Balaban J connectivity index is 0.000000353. The quantitative estimate of drug-likeness (QED) is 0.461. The molecule has 0 radical (unpaired) electrons. The van der Waals surface area contributed by atoms with Crippen LogP contribution in [0.15, 0.2) is 41.4 Å². The molecular weight excluding hydrogens is 535 g/mol. The second-order valence-corrected chi connectivity index (χ2v) is 12.2. The maximum atomic E-state index is 12.7. The molecule has 3 N–H and O–H groups in total. The summed E-state index contributed by atoms with van der Waals surface area (Å²) in [6.07, 6.45) is 0.718. The number of likely N-dealkylation sites (N-methyl/N-ethyl adjacent to an activating group) is 1. The van der Waals surface area contributed by atoms with Crippen molar-refractivity contribution in [3.05, 3.63) is 58.9 Å². The molecule has 1 saturated carbocycles. The van der Waals surface area contributed by atoms with Gasteiger partial charge in [0.05, 0.1) is 53.1 Å². The van der Waals surface area contributed by atoms with Crippen molar-refractivity contribution in [3.63, 3.8) is 0 Å². The first-order valence-electron chi connectivity index (χ1n) is 13.0. The molecule has 1 fully saturated rings. The average Bonchev–Trinajstić information content (AvgIpc) is 3.26. The van der Waals surface area contributed by atoms with E-state index in [2.05, 4.69) is 10.3 Å². The molecule has 1 aliphatic carbocycles. The normalized spacial score (nSPS) is 19.1. The number of pyridine rings is 1. The lowest BCUT2D eigenvalue weighted by Crippen LogP contribution is -2.31. The van der Waals surface area contributed by atoms with E-state index in [4.69, 9.17) is 0 Å². The van der Waals surface area contributed by atoms with E-state index in [-0.39, 0.29) is 35.8 Å². The summed E-state index contributed by atoms with van der Waals surface area (Å²) in [5.74, 6) is -1.38. The molecule has 39 heavy (non-hydrogen) atoms. The molecular formula is C27H36F3N3O5S. The molecule has 2 atom stereocenters. The smallest absolute Gasteiger partial charge is 0.391 e. The monoisotopic (exact) mass is 571 g/mol. The molecule has 12 heteroatoms. The fourth-order valence-electron chi connectivity index (χ4n) is 4.87. The highest BCUT2D eigenvalue weighted by atomic mass is 32.2. The molecule has 1 amide bonds. The van der Waals surface area contributed by atoms with Crippen LogP contribution in [0.1, 0.15) is 78.3 Å². The van der Waals surface area contributed by atoms with Crippen LogP contribution >= 0.6 is 0 Å². The summed E-state index contributed by atoms with van der Waals surface area (Å²) in [6, 6.07) is 7.02. The standard InChI is InChI=1S/C20H25N3O5S.C7H11F3/c1-3-29(27,28)16-6-4-13(5-7-16)17(11-24)22-20(26)14-8-15-10-23(2)18(12-25)19(15)21-9-14;8-7(9,10)6-4-2-1-3-5-6/h4-9,17-18,24-25H,3,10-12H2,1-2H3,(H,22,26);6H,1-5H2. The fraction of sp³-hybridized carbons (Fsp3) is 0.556. The third kappa shape index (κ3) is 7.77. The topological polar surface area (TPSA) is 120 Å². The second kappa shape index (κ2) is 13.2. The molecule has 2 unspecified atom stereocenters. The van der Waals surface area contributed by atoms with E-state index in [0.717, 1.165) is 30.5 Å². The van der Waals surface area contributed by atoms with Crippen LogP contribution in [0.2, 0.25) is 0 Å². The number of carbonyl (C=O) groups excluding carboxylic acids is 1. The van der Waals surface area contributed by atoms with Crippen LogP contribution in [0.4, 0.5) is 13.2 Å². The number of alkyl halides is 3. The highest BCUT2D eigenvalue weighted by Crippen LogP contribution is 2.37. The molecule has 1 aromatic heterocycles. The van der Waals surface area contributed by atoms with Gasteiger partial charge in [0.25, 0.3) is 5.91 Å². The molecule has 0 saturated heterocycles. The predicted octanol–water partition coefficient (Wildman–Crippen LogP) is 3.95. The third-order valence-electron chi connectivity index (χ3n) is 7.28. The van der Waals surface area contributed by atoms with E-state index < -0.39 is 28.0 Å². The highest BCUT2D eigenvalue weighted by Gasteiger charge is 2.39. The van der Waals surface area contributed by atoms with E-state index in [0.29, 0.717) is 30.5 Å². The van der Waals surface area contributed by atoms with Crippen molar-refractivity contribution >= 4 is 15.7 Å². The van der Waals surface area contributed by atoms with Crippen LogP contribution in [0.25, 0.3) is 0 Å². The molecule has 0 spiro atoms. The number of amides is 1. The lowest BCUT2D eigenvalue weighted by Gasteiger charge is -2.23. The zero-order valence-electron chi connectivity index (χ0n) is 22.1. The van der Waals surface area contributed by atoms with Crippen molar-refractivity contribution in [1.29, 1.82) is 0 Å². The number of rotatable bonds is 7. The summed E-state index contributed by atoms with van der Waals surface area (Å²) >= 11 is 0. The molecule has 216 valence electrons. The Labute approximate surface area is 227 Å². The molecule has 2 aliphatic rings. The largest absolute Gasteiger partial charge is 0.394 e. The van der Waals surface area contributed by atoms with Gasteiger partial charge in [0.1, 0.15) is 0 Å². The van der Waals surface area contributed by atoms with Crippen LogP contribution in [0.3, 0.4) is 0 Å². The Morgan fingerprint density at radius 1 is 1.15 bits per heavy atom. The van der Waals surface area contributed by atoms with Crippen molar-refractivity contribution in [2.45, 2.75) is 68.7 Å². The van der Waals surface area contributed by atoms with Gasteiger partial charge in [-0.25, -0.2) is 8.42 Å². The summed E-state index contributed by atoms with van der Waals surface area (Å²) in [4.78, 5) is 19.2. The molecule has 2 heterocycles. The third-order valence-corrected chi connectivity index (χ3v) is 9.03. The maximum absolute atomic E-state index is 12.7. The Morgan fingerprint density at radius 2 is 1.79 bits per heavy atom. The number of nitrogens with zero attached hydrogens (tertiary/aromatic N) is 2. The number of aromatic nitrogens is 1. The van der Waals surface area contributed by atoms with E-state index in [1.54, 1.807) is 25.1 Å². The van der Waals surface area contributed by atoms with Gasteiger partial charge in [0.15, 0.2) is 9.84 Å². The molecule has 4 rings (SSSR count). The summed E-state index contributed by atoms with van der Waals surface area (Å²) in [6.45, 7) is 1.79. The summed E-state index contributed by atoms with van der Waals surface area (Å²) in [5, 5.41) is 22.0. The second-order valence-electron chi connectivity index (χ2n) is 9.94. The minimum atomic E-state index is -3.93. The molecule has 8 nitrogen and oxygen atoms in total. The van der Waals surface area contributed by atoms with Crippen molar-refractivity contribution in [1.82, 2.24) is 15.2 Å². The van der Waals surface area contributed by atoms with Gasteiger partial charge in [0.2, 0.25) is 0 Å². The van der Waals surface area contributed by atoms with E-state index in [1.165, 1.54) is 18.3 Å². The van der Waals surface area contributed by atoms with Gasteiger partial charge >= 0.3 is 6.18 Å². The van der Waals surface area contributed by atoms with Crippen LogP contribution in [-0.4, -0.2) is 66.6 Å². The first-order valence-corrected chi connectivity index (χ1v) is 14.7. The number of sulfone groups is 1. The highest BCUT2D eigenvalue weighted by molar-refractivity contribution is 7.91. The average molecular weight is 572 g/mol. The number of hydrogen-bond acceptors (Lipinski definition) is 7. The molecule has 2 aromatic rings. The minimum absolute atomic E-state index is 0.00413. The number of fused-ring (bicyclic) bond motifs is 1. The maximum Gasteiger partial charge on any atom is 0.391 e. The van der Waals surface area contributed by atoms with Gasteiger partial charge in [0, 0.05) is 12.7 Å². The number of carbonyl (C=O) groups is 1. The Kier molecular flexibility index (Phi) is 10.5. The first-order chi connectivity index (χ1) is 18.4. The van der Waals surface area contributed by atoms with E-state index in [9.17, 15) is 36.6 Å². The van der Waals surface area contributed by atoms with Crippen molar-refractivity contribution in [2.75, 3.05) is 26.0 Å². The zero-order valence-corrected chi connectivity index (χ0v) is 22.9. The minimum Gasteiger partial charge on any atom is -0.394 e. The number of hydrogen-bond donors (Lipinski definition) is 3. The SMILES string of the molecule is CCS(=O)(=O)c1ccc(C(CO)NC(=O)c2cnc3c(c2)CN(C)C3CO)cc1.FC(F)(F)C1CCCCC1. The van der Waals surface area contributed by atoms with E-state index >= 15 is 0 Å². The number of benzene rings is 1. The van der Waals surface area contributed by atoms with E-state index in [1.807, 2.05) is 11.9 Å². The van der Waals surface area contributed by atoms with Gasteiger partial charge in [-0.2, -0.15) is 13.2 Å². The van der Waals surface area contributed by atoms with Crippen LogP contribution in [-0.2, 0) is 16.4 Å². The number of aliphatic hydroxyl groups is 2. The lowest BCUT2D eigenvalue weighted by molar-refractivity contribution is -0.181. The van der Waals surface area contributed by atoms with Crippen molar-refractivity contribution < 1.29 is 36.6 Å². The van der Waals surface area contributed by atoms with Crippen molar-refractivity contribution in [3.8, 4) is 0 Å². The van der Waals surface area contributed by atoms with Gasteiger partial charge in [-0.3, -0.25) is 14.7 Å². The van der Waals surface area contributed by atoms with Gasteiger partial charge in [-0.05, 0) is 49.2 Å². The Hall–Kier alpha value is -2.54. The summed E-state index contributed by atoms with van der Waals surface area (Å²) in [5.41, 5.74) is 2.61. The van der Waals surface area contributed by atoms with Gasteiger partial charge in [-0.15, -0.1) is 0 Å². The van der Waals surface area contributed by atoms with Crippen LogP contribution in [0, 0.1) is 5.92 Å². The lowest BCUT2D eigenvalue weighted by atomic mass is 9.89. The summed E-state index contributed by atoms with van der Waals surface area (Å²) < 4.78 is 59.7. The Morgan fingerprint density at radius 3 is 2.31 bits per heavy atom. The predicted molar refractivity (Wildman–Crippen MR) is 140 cm³/mol.